The molecule has 3 aliphatic rings. The maximum absolute atomic E-state index is 14.6. The average molecular weight is 567 g/mol. The summed E-state index contributed by atoms with van der Waals surface area (Å²) in [6.07, 6.45) is 7.50. The lowest BCUT2D eigenvalue weighted by molar-refractivity contribution is -0.164. The van der Waals surface area contributed by atoms with Gasteiger partial charge in [0.1, 0.15) is 17.6 Å². The van der Waals surface area contributed by atoms with Crippen LogP contribution in [0.4, 0.5) is 0 Å². The van der Waals surface area contributed by atoms with Crippen LogP contribution in [0.2, 0.25) is 0 Å². The van der Waals surface area contributed by atoms with Gasteiger partial charge in [0.25, 0.3) is 0 Å². The molecule has 3 fully saturated rings. The molecule has 2 bridgehead atoms. The van der Waals surface area contributed by atoms with E-state index in [1.165, 1.54) is 0 Å². The molecule has 1 N–H and O–H groups in total. The summed E-state index contributed by atoms with van der Waals surface area (Å²) in [7, 11) is 0. The number of aliphatic hydroxyl groups excluding tert-OH is 1. The van der Waals surface area contributed by atoms with Crippen molar-refractivity contribution in [1.29, 1.82) is 0 Å². The number of hydrogen-bond acceptors (Lipinski definition) is 6. The molecular weight excluding hydrogens is 520 g/mol. The van der Waals surface area contributed by atoms with Crippen molar-refractivity contribution < 1.29 is 29.0 Å². The lowest BCUT2D eigenvalue weighted by Crippen LogP contribution is -2.59. The van der Waals surface area contributed by atoms with Crippen LogP contribution in [0.1, 0.15) is 64.9 Å². The Kier molecular flexibility index (Phi) is 9.75. The third-order valence-electron chi connectivity index (χ3n) is 9.34. The van der Waals surface area contributed by atoms with Crippen LogP contribution in [0.3, 0.4) is 0 Å². The third-order valence-corrected chi connectivity index (χ3v) is 9.34. The van der Waals surface area contributed by atoms with Gasteiger partial charge in [-0.25, -0.2) is 0 Å². The van der Waals surface area contributed by atoms with Crippen LogP contribution >= 0.6 is 0 Å². The highest BCUT2D eigenvalue weighted by Gasteiger charge is 2.79. The zero-order valence-electron chi connectivity index (χ0n) is 24.8. The van der Waals surface area contributed by atoms with Crippen LogP contribution in [-0.4, -0.2) is 75.7 Å². The van der Waals surface area contributed by atoms with E-state index < -0.39 is 41.1 Å². The normalized spacial score (nSPS) is 29.0. The zero-order valence-corrected chi connectivity index (χ0v) is 24.8. The Bertz CT molecular complexity index is 1120. The first-order chi connectivity index (χ1) is 19.7. The Morgan fingerprint density at radius 3 is 2.54 bits per heavy atom. The van der Waals surface area contributed by atoms with Crippen molar-refractivity contribution in [3.8, 4) is 0 Å². The summed E-state index contributed by atoms with van der Waals surface area (Å²) < 4.78 is 12.6. The molecule has 41 heavy (non-hydrogen) atoms. The van der Waals surface area contributed by atoms with Crippen molar-refractivity contribution in [2.75, 3.05) is 19.8 Å². The van der Waals surface area contributed by atoms with Crippen molar-refractivity contribution in [3.63, 3.8) is 0 Å². The first kappa shape index (κ1) is 31.0. The van der Waals surface area contributed by atoms with Crippen LogP contribution < -0.4 is 0 Å². The molecule has 2 amide bonds. The number of likely N-dealkylation sites (tertiary alicyclic amines) is 1. The van der Waals surface area contributed by atoms with Gasteiger partial charge in [-0.3, -0.25) is 14.4 Å². The standard InChI is InChI=1S/C33H46N2O6/c1-6-9-10-14-20-40-31(39)27-26-29(37)35(25(22-36)23(4)5)28(33(26)18-17-32(27,8-3)41-33)30(38)34(19-7-2)21-24-15-12-11-13-16-24/h6-7,11-13,15-16,23,25-28,36H,1-2,8-10,14,17-22H2,3-5H3/t25-,26-,27-,28?,32+,33?/m0/s1. The van der Waals surface area contributed by atoms with E-state index in [1.807, 2.05) is 57.2 Å². The molecule has 3 heterocycles. The summed E-state index contributed by atoms with van der Waals surface area (Å²) >= 11 is 0. The Balaban J connectivity index is 1.74. The summed E-state index contributed by atoms with van der Waals surface area (Å²) in [5.74, 6) is -2.77. The van der Waals surface area contributed by atoms with Gasteiger partial charge in [-0.1, -0.05) is 63.3 Å². The molecule has 0 saturated carbocycles. The molecule has 1 spiro atoms. The third kappa shape index (κ3) is 5.48. The van der Waals surface area contributed by atoms with E-state index in [0.717, 1.165) is 18.4 Å². The molecular formula is C33H46N2O6. The van der Waals surface area contributed by atoms with Crippen LogP contribution in [0, 0.1) is 17.8 Å². The first-order valence-electron chi connectivity index (χ1n) is 15.1. The number of ether oxygens (including phenoxy) is 2. The Labute approximate surface area is 244 Å². The van der Waals surface area contributed by atoms with Crippen molar-refractivity contribution in [2.45, 2.75) is 89.1 Å². The minimum atomic E-state index is -1.17. The predicted octanol–water partition coefficient (Wildman–Crippen LogP) is 4.27. The highest BCUT2D eigenvalue weighted by atomic mass is 16.6. The van der Waals surface area contributed by atoms with Gasteiger partial charge in [-0.2, -0.15) is 0 Å². The molecule has 0 aliphatic carbocycles. The summed E-state index contributed by atoms with van der Waals surface area (Å²) in [4.78, 5) is 46.0. The highest BCUT2D eigenvalue weighted by Crippen LogP contribution is 2.65. The number of carbonyl (C=O) groups is 3. The van der Waals surface area contributed by atoms with E-state index in [9.17, 15) is 19.5 Å². The number of carbonyl (C=O) groups excluding carboxylic acids is 3. The molecule has 8 heteroatoms. The predicted molar refractivity (Wildman–Crippen MR) is 156 cm³/mol. The molecule has 2 unspecified atom stereocenters. The van der Waals surface area contributed by atoms with E-state index in [1.54, 1.807) is 15.9 Å². The number of unbranched alkanes of at least 4 members (excludes halogenated alkanes) is 2. The second-order valence-corrected chi connectivity index (χ2v) is 12.0. The average Bonchev–Trinajstić information content (AvgIpc) is 3.57. The molecule has 3 saturated heterocycles. The molecule has 4 rings (SSSR count). The number of rotatable bonds is 15. The van der Waals surface area contributed by atoms with Gasteiger partial charge in [0.2, 0.25) is 11.8 Å². The maximum Gasteiger partial charge on any atom is 0.312 e. The number of aliphatic hydroxyl groups is 1. The molecule has 6 atom stereocenters. The van der Waals surface area contributed by atoms with E-state index in [4.69, 9.17) is 9.47 Å². The van der Waals surface area contributed by atoms with Gasteiger partial charge < -0.3 is 24.4 Å². The second-order valence-electron chi connectivity index (χ2n) is 12.0. The summed E-state index contributed by atoms with van der Waals surface area (Å²) in [5, 5.41) is 10.5. The molecule has 3 aliphatic heterocycles. The van der Waals surface area contributed by atoms with Gasteiger partial charge in [0.15, 0.2) is 0 Å². The Morgan fingerprint density at radius 1 is 1.20 bits per heavy atom. The number of esters is 1. The smallest absolute Gasteiger partial charge is 0.312 e. The van der Waals surface area contributed by atoms with E-state index in [-0.39, 0.29) is 37.5 Å². The van der Waals surface area contributed by atoms with Crippen LogP contribution in [0.15, 0.2) is 55.6 Å². The lowest BCUT2D eigenvalue weighted by atomic mass is 9.65. The number of nitrogens with zero attached hydrogens (tertiary/aromatic N) is 2. The zero-order chi connectivity index (χ0) is 29.8. The van der Waals surface area contributed by atoms with Crippen LogP contribution in [-0.2, 0) is 30.4 Å². The lowest BCUT2D eigenvalue weighted by Gasteiger charge is -2.40. The summed E-state index contributed by atoms with van der Waals surface area (Å²) in [6, 6.07) is 8.11. The summed E-state index contributed by atoms with van der Waals surface area (Å²) in [6.45, 7) is 14.0. The summed E-state index contributed by atoms with van der Waals surface area (Å²) in [5.41, 5.74) is -1.08. The Hall–Kier alpha value is -2.97. The number of amides is 2. The SMILES string of the molecule is C=CCCCCOC(=O)[C@@H]1[C@H]2C(=O)N([C@@H](CO)C(C)C)C(C(=O)N(CC=C)Cc3ccccc3)C23CC[C@@]1(CC)O3. The molecule has 0 radical (unpaired) electrons. The van der Waals surface area contributed by atoms with Gasteiger partial charge in [0, 0.05) is 13.1 Å². The minimum Gasteiger partial charge on any atom is -0.465 e. The van der Waals surface area contributed by atoms with Gasteiger partial charge in [0.05, 0.1) is 30.8 Å². The monoisotopic (exact) mass is 566 g/mol. The maximum atomic E-state index is 14.6. The van der Waals surface area contributed by atoms with E-state index in [0.29, 0.717) is 32.2 Å². The van der Waals surface area contributed by atoms with Crippen molar-refractivity contribution in [2.24, 2.45) is 17.8 Å². The largest absolute Gasteiger partial charge is 0.465 e. The van der Waals surface area contributed by atoms with Crippen molar-refractivity contribution >= 4 is 17.8 Å². The van der Waals surface area contributed by atoms with Crippen molar-refractivity contribution in [3.05, 3.63) is 61.2 Å². The van der Waals surface area contributed by atoms with E-state index >= 15 is 0 Å². The van der Waals surface area contributed by atoms with Gasteiger partial charge in [-0.05, 0) is 50.0 Å². The number of hydrogen-bond donors (Lipinski definition) is 1. The molecule has 8 nitrogen and oxygen atoms in total. The fourth-order valence-corrected chi connectivity index (χ4v) is 7.29. The fraction of sp³-hybridized carbons (Fsp3) is 0.606. The Morgan fingerprint density at radius 2 is 1.93 bits per heavy atom. The van der Waals surface area contributed by atoms with E-state index in [2.05, 4.69) is 13.2 Å². The number of fused-ring (bicyclic) bond motifs is 1. The molecule has 224 valence electrons. The molecule has 1 aromatic rings. The minimum absolute atomic E-state index is 0.121. The van der Waals surface area contributed by atoms with Crippen molar-refractivity contribution in [1.82, 2.24) is 9.80 Å². The van der Waals surface area contributed by atoms with Gasteiger partial charge >= 0.3 is 5.97 Å². The van der Waals surface area contributed by atoms with Crippen LogP contribution in [0.25, 0.3) is 0 Å². The van der Waals surface area contributed by atoms with Crippen LogP contribution in [0.5, 0.6) is 0 Å². The quantitative estimate of drug-likeness (QED) is 0.194. The second kappa shape index (κ2) is 12.9. The van der Waals surface area contributed by atoms with Gasteiger partial charge in [-0.15, -0.1) is 13.2 Å². The highest BCUT2D eigenvalue weighted by molar-refractivity contribution is 5.98. The topological polar surface area (TPSA) is 96.4 Å². The number of benzene rings is 1. The number of allylic oxidation sites excluding steroid dienone is 1. The molecule has 0 aromatic heterocycles. The molecule has 1 aromatic carbocycles. The fourth-order valence-electron chi connectivity index (χ4n) is 7.29. The first-order valence-corrected chi connectivity index (χ1v) is 15.1.